The van der Waals surface area contributed by atoms with Crippen LogP contribution in [-0.4, -0.2) is 31.6 Å². The first-order chi connectivity index (χ1) is 17.2. The van der Waals surface area contributed by atoms with E-state index >= 15 is 0 Å². The van der Waals surface area contributed by atoms with Crippen LogP contribution in [0.2, 0.25) is 0 Å². The van der Waals surface area contributed by atoms with E-state index in [1.807, 2.05) is 49.9 Å². The van der Waals surface area contributed by atoms with Crippen LogP contribution >= 0.6 is 0 Å². The molecule has 0 aliphatic carbocycles. The minimum Gasteiger partial charge on any atom is -0.493 e. The second-order valence-corrected chi connectivity index (χ2v) is 9.74. The maximum Gasteiger partial charge on any atom is 0.290 e. The molecular weight excluding hydrogens is 454 g/mol. The fourth-order valence-electron chi connectivity index (χ4n) is 4.53. The Morgan fingerprint density at radius 3 is 2.42 bits per heavy atom. The summed E-state index contributed by atoms with van der Waals surface area (Å²) in [5, 5.41) is 0. The van der Waals surface area contributed by atoms with Crippen molar-refractivity contribution < 1.29 is 23.4 Å². The van der Waals surface area contributed by atoms with Gasteiger partial charge in [0.2, 0.25) is 0 Å². The van der Waals surface area contributed by atoms with E-state index in [4.69, 9.17) is 18.6 Å². The highest BCUT2D eigenvalue weighted by Gasteiger charge is 2.33. The quantitative estimate of drug-likeness (QED) is 0.328. The molecule has 3 aromatic rings. The van der Waals surface area contributed by atoms with Gasteiger partial charge in [0.05, 0.1) is 20.3 Å². The van der Waals surface area contributed by atoms with Crippen LogP contribution in [0.4, 0.5) is 0 Å². The van der Waals surface area contributed by atoms with Crippen molar-refractivity contribution in [1.29, 1.82) is 0 Å². The van der Waals surface area contributed by atoms with Gasteiger partial charge in [-0.25, -0.2) is 0 Å². The Bertz CT molecular complexity index is 1280. The summed E-state index contributed by atoms with van der Waals surface area (Å²) in [5.41, 5.74) is 5.47. The highest BCUT2D eigenvalue weighted by atomic mass is 16.6. The van der Waals surface area contributed by atoms with E-state index < -0.39 is 0 Å². The molecule has 0 N–H and O–H groups in total. The van der Waals surface area contributed by atoms with E-state index in [1.165, 1.54) is 5.56 Å². The van der Waals surface area contributed by atoms with Gasteiger partial charge in [-0.05, 0) is 79.6 Å². The largest absolute Gasteiger partial charge is 0.493 e. The Balaban J connectivity index is 1.63. The lowest BCUT2D eigenvalue weighted by molar-refractivity contribution is 0.0662. The molecule has 4 rings (SSSR count). The van der Waals surface area contributed by atoms with Crippen molar-refractivity contribution in [3.8, 4) is 23.2 Å². The van der Waals surface area contributed by atoms with Crippen molar-refractivity contribution in [3.63, 3.8) is 0 Å². The molecule has 0 bridgehead atoms. The average Bonchev–Trinajstić information content (AvgIpc) is 3.32. The molecular formula is C30H35NO5. The summed E-state index contributed by atoms with van der Waals surface area (Å²) in [6.07, 6.45) is 2.81. The smallest absolute Gasteiger partial charge is 0.290 e. The number of rotatable bonds is 7. The van der Waals surface area contributed by atoms with Gasteiger partial charge in [-0.1, -0.05) is 37.6 Å². The molecule has 1 aliphatic heterocycles. The van der Waals surface area contributed by atoms with E-state index in [0.29, 0.717) is 36.3 Å². The minimum atomic E-state index is -0.245. The topological polar surface area (TPSA) is 61.1 Å². The number of hydrogen-bond donors (Lipinski definition) is 0. The normalized spacial score (nSPS) is 14.9. The fraction of sp³-hybridized carbons (Fsp3) is 0.367. The Morgan fingerprint density at radius 2 is 1.75 bits per heavy atom. The molecule has 0 saturated carbocycles. The first-order valence-electron chi connectivity index (χ1n) is 12.3. The lowest BCUT2D eigenvalue weighted by atomic mass is 9.90. The summed E-state index contributed by atoms with van der Waals surface area (Å²) < 4.78 is 23.0. The molecule has 6 nitrogen and oxygen atoms in total. The number of fused-ring (bicyclic) bond motifs is 1. The van der Waals surface area contributed by atoms with E-state index in [0.717, 1.165) is 28.0 Å². The van der Waals surface area contributed by atoms with Crippen molar-refractivity contribution in [1.82, 2.24) is 4.90 Å². The molecule has 2 heterocycles. The third-order valence-electron chi connectivity index (χ3n) is 6.56. The monoisotopic (exact) mass is 489 g/mol. The third-order valence-corrected chi connectivity index (χ3v) is 6.56. The number of hydrogen-bond acceptors (Lipinski definition) is 5. The van der Waals surface area contributed by atoms with Crippen LogP contribution < -0.4 is 14.2 Å². The summed E-state index contributed by atoms with van der Waals surface area (Å²) in [5.74, 6) is 2.81. The van der Waals surface area contributed by atoms with Crippen molar-refractivity contribution in [2.24, 2.45) is 0 Å². The summed E-state index contributed by atoms with van der Waals surface area (Å²) in [6, 6.07) is 13.3. The summed E-state index contributed by atoms with van der Waals surface area (Å²) in [4.78, 5) is 15.5. The lowest BCUT2D eigenvalue weighted by Gasteiger charge is -2.36. The number of allylic oxidation sites excluding steroid dienone is 1. The molecule has 1 atom stereocenters. The van der Waals surface area contributed by atoms with Crippen LogP contribution in [0.5, 0.6) is 23.2 Å². The van der Waals surface area contributed by atoms with Crippen LogP contribution in [0.3, 0.4) is 0 Å². The molecule has 0 saturated heterocycles. The Hall–Kier alpha value is -3.67. The molecule has 1 unspecified atom stereocenters. The number of carbonyl (C=O) groups is 1. The minimum absolute atomic E-state index is 0.180. The molecule has 1 amide bonds. The number of benzene rings is 2. The Kier molecular flexibility index (Phi) is 7.43. The average molecular weight is 490 g/mol. The molecule has 190 valence electrons. The van der Waals surface area contributed by atoms with Crippen LogP contribution in [0.1, 0.15) is 72.5 Å². The molecule has 6 heteroatoms. The van der Waals surface area contributed by atoms with Gasteiger partial charge in [0, 0.05) is 12.6 Å². The second kappa shape index (κ2) is 10.5. The standard InChI is InChI=1S/C30H35NO5/c1-18(2)14-24-23-17-28(34-7)27(33-6)16-22(23)12-13-31(24)30(32)25-10-11-29(35-25)36-26-15-21(19(3)4)9-8-20(26)5/h8-11,14-17,19,24H,12-13H2,1-7H3. The van der Waals surface area contributed by atoms with Crippen LogP contribution in [-0.2, 0) is 6.42 Å². The maximum atomic E-state index is 13.6. The number of methoxy groups -OCH3 is 2. The molecule has 2 aromatic carbocycles. The van der Waals surface area contributed by atoms with Crippen LogP contribution in [0.25, 0.3) is 0 Å². The molecule has 0 spiro atoms. The van der Waals surface area contributed by atoms with Crippen molar-refractivity contribution in [2.45, 2.75) is 53.0 Å². The van der Waals surface area contributed by atoms with Crippen molar-refractivity contribution >= 4 is 5.91 Å². The highest BCUT2D eigenvalue weighted by molar-refractivity contribution is 5.92. The predicted octanol–water partition coefficient (Wildman–Crippen LogP) is 7.23. The van der Waals surface area contributed by atoms with Gasteiger partial charge in [-0.15, -0.1) is 0 Å². The van der Waals surface area contributed by atoms with E-state index in [9.17, 15) is 4.79 Å². The fourth-order valence-corrected chi connectivity index (χ4v) is 4.53. The maximum absolute atomic E-state index is 13.6. The summed E-state index contributed by atoms with van der Waals surface area (Å²) in [6.45, 7) is 10.9. The molecule has 1 aromatic heterocycles. The van der Waals surface area contributed by atoms with Gasteiger partial charge in [0.1, 0.15) is 5.75 Å². The highest BCUT2D eigenvalue weighted by Crippen LogP contribution is 2.40. The SMILES string of the molecule is COc1cc2c(cc1OC)C(C=C(C)C)N(C(=O)c1ccc(Oc3cc(C(C)C)ccc3C)o1)CC2. The Labute approximate surface area is 213 Å². The lowest BCUT2D eigenvalue weighted by Crippen LogP contribution is -2.39. The van der Waals surface area contributed by atoms with Gasteiger partial charge in [-0.2, -0.15) is 0 Å². The first-order valence-corrected chi connectivity index (χ1v) is 12.3. The predicted molar refractivity (Wildman–Crippen MR) is 141 cm³/mol. The van der Waals surface area contributed by atoms with Gasteiger partial charge < -0.3 is 23.5 Å². The van der Waals surface area contributed by atoms with Crippen LogP contribution in [0, 0.1) is 6.92 Å². The zero-order valence-electron chi connectivity index (χ0n) is 22.2. The van der Waals surface area contributed by atoms with E-state index in [-0.39, 0.29) is 17.7 Å². The molecule has 0 radical (unpaired) electrons. The van der Waals surface area contributed by atoms with Gasteiger partial charge in [-0.3, -0.25) is 4.79 Å². The van der Waals surface area contributed by atoms with Crippen LogP contribution in [0.15, 0.2) is 58.5 Å². The second-order valence-electron chi connectivity index (χ2n) is 9.74. The number of carbonyl (C=O) groups excluding carboxylic acids is 1. The number of amides is 1. The van der Waals surface area contributed by atoms with Gasteiger partial charge in [0.25, 0.3) is 11.9 Å². The number of aryl methyl sites for hydroxylation is 1. The van der Waals surface area contributed by atoms with Crippen molar-refractivity contribution in [2.75, 3.05) is 20.8 Å². The number of furan rings is 1. The van der Waals surface area contributed by atoms with E-state index in [2.05, 4.69) is 26.0 Å². The number of ether oxygens (including phenoxy) is 3. The summed E-state index contributed by atoms with van der Waals surface area (Å²) in [7, 11) is 3.25. The zero-order valence-corrected chi connectivity index (χ0v) is 22.2. The molecule has 0 fully saturated rings. The van der Waals surface area contributed by atoms with Gasteiger partial charge in [0.15, 0.2) is 17.3 Å². The van der Waals surface area contributed by atoms with Crippen molar-refractivity contribution in [3.05, 3.63) is 82.1 Å². The first kappa shape index (κ1) is 25.4. The molecule has 1 aliphatic rings. The third kappa shape index (κ3) is 5.13. The number of nitrogens with zero attached hydrogens (tertiary/aromatic N) is 1. The molecule has 36 heavy (non-hydrogen) atoms. The Morgan fingerprint density at radius 1 is 1.03 bits per heavy atom. The van der Waals surface area contributed by atoms with Gasteiger partial charge >= 0.3 is 0 Å². The summed E-state index contributed by atoms with van der Waals surface area (Å²) >= 11 is 0. The zero-order chi connectivity index (χ0) is 26.0. The van der Waals surface area contributed by atoms with E-state index in [1.54, 1.807) is 26.4 Å².